The summed E-state index contributed by atoms with van der Waals surface area (Å²) in [7, 11) is 0. The maximum atomic E-state index is 12.8. The van der Waals surface area contributed by atoms with Crippen molar-refractivity contribution in [2.75, 3.05) is 6.61 Å². The summed E-state index contributed by atoms with van der Waals surface area (Å²) in [5, 5.41) is 9.48. The lowest BCUT2D eigenvalue weighted by atomic mass is 9.98. The number of carbonyl (C=O) groups is 2. The number of amides is 1. The number of hydrogen-bond acceptors (Lipinski definition) is 3. The van der Waals surface area contributed by atoms with E-state index >= 15 is 0 Å². The van der Waals surface area contributed by atoms with Gasteiger partial charge in [0, 0.05) is 12.0 Å². The molecule has 1 heterocycles. The van der Waals surface area contributed by atoms with Crippen molar-refractivity contribution in [3.8, 4) is 11.1 Å². The average molecular weight is 363 g/mol. The topological polar surface area (TPSA) is 66.8 Å². The third-order valence-corrected chi connectivity index (χ3v) is 6.22. The number of aliphatic carboxylic acids is 1. The van der Waals surface area contributed by atoms with Gasteiger partial charge in [-0.2, -0.15) is 0 Å². The smallest absolute Gasteiger partial charge is 0.410 e. The van der Waals surface area contributed by atoms with Gasteiger partial charge < -0.3 is 9.84 Å². The van der Waals surface area contributed by atoms with E-state index in [1.54, 1.807) is 0 Å². The fourth-order valence-corrected chi connectivity index (χ4v) is 4.80. The molecule has 3 unspecified atom stereocenters. The van der Waals surface area contributed by atoms with Crippen LogP contribution in [0.3, 0.4) is 0 Å². The summed E-state index contributed by atoms with van der Waals surface area (Å²) in [6.07, 6.45) is 1.81. The molecule has 138 valence electrons. The first kappa shape index (κ1) is 16.4. The van der Waals surface area contributed by atoms with Gasteiger partial charge in [-0.3, -0.25) is 4.90 Å². The molecule has 1 saturated carbocycles. The van der Waals surface area contributed by atoms with Gasteiger partial charge in [0.15, 0.2) is 0 Å². The van der Waals surface area contributed by atoms with E-state index in [1.165, 1.54) is 16.0 Å². The van der Waals surface area contributed by atoms with Gasteiger partial charge in [-0.15, -0.1) is 0 Å². The highest BCUT2D eigenvalue weighted by molar-refractivity contribution is 5.82. The molecule has 3 atom stereocenters. The minimum absolute atomic E-state index is 0.00980. The van der Waals surface area contributed by atoms with Crippen molar-refractivity contribution in [2.45, 2.75) is 37.3 Å². The predicted octanol–water partition coefficient (Wildman–Crippen LogP) is 3.87. The van der Waals surface area contributed by atoms with Crippen LogP contribution in [0.5, 0.6) is 0 Å². The van der Waals surface area contributed by atoms with Crippen LogP contribution < -0.4 is 0 Å². The molecule has 5 rings (SSSR count). The SMILES string of the molecule is O=C(O)C1CCC2CC2N1C(=O)OCC1c2ccccc2-c2ccccc21. The number of piperidine rings is 1. The number of rotatable bonds is 3. The molecule has 2 fully saturated rings. The van der Waals surface area contributed by atoms with Crippen molar-refractivity contribution in [3.05, 3.63) is 59.7 Å². The molecule has 1 aliphatic heterocycles. The Morgan fingerprint density at radius 2 is 1.63 bits per heavy atom. The van der Waals surface area contributed by atoms with Gasteiger partial charge in [0.05, 0.1) is 0 Å². The van der Waals surface area contributed by atoms with Gasteiger partial charge in [-0.25, -0.2) is 9.59 Å². The highest BCUT2D eigenvalue weighted by Gasteiger charge is 2.52. The van der Waals surface area contributed by atoms with Crippen molar-refractivity contribution in [1.82, 2.24) is 4.90 Å². The van der Waals surface area contributed by atoms with Crippen LogP contribution in [-0.2, 0) is 9.53 Å². The molecule has 3 aliphatic rings. The molecular formula is C22H21NO4. The van der Waals surface area contributed by atoms with Gasteiger partial charge in [0.1, 0.15) is 12.6 Å². The Balaban J connectivity index is 1.37. The van der Waals surface area contributed by atoms with E-state index < -0.39 is 18.1 Å². The van der Waals surface area contributed by atoms with E-state index in [1.807, 2.05) is 24.3 Å². The van der Waals surface area contributed by atoms with Crippen LogP contribution in [0.2, 0.25) is 0 Å². The summed E-state index contributed by atoms with van der Waals surface area (Å²) in [5.41, 5.74) is 4.67. The van der Waals surface area contributed by atoms with Gasteiger partial charge in [0.25, 0.3) is 0 Å². The first-order valence-electron chi connectivity index (χ1n) is 9.51. The summed E-state index contributed by atoms with van der Waals surface area (Å²) >= 11 is 0. The molecule has 5 nitrogen and oxygen atoms in total. The third kappa shape index (κ3) is 2.60. The zero-order chi connectivity index (χ0) is 18.5. The third-order valence-electron chi connectivity index (χ3n) is 6.22. The highest BCUT2D eigenvalue weighted by atomic mass is 16.6. The zero-order valence-electron chi connectivity index (χ0n) is 14.9. The fraction of sp³-hybridized carbons (Fsp3) is 0.364. The standard InChI is InChI=1S/C22H21NO4/c24-21(25)19-10-9-13-11-20(13)23(19)22(26)27-12-18-16-7-3-1-5-14(16)15-6-2-4-8-17(15)18/h1-8,13,18-20H,9-12H2,(H,24,25). The molecule has 1 amide bonds. The second-order valence-corrected chi connectivity index (χ2v) is 7.71. The summed E-state index contributed by atoms with van der Waals surface area (Å²) in [4.78, 5) is 25.8. The number of likely N-dealkylation sites (tertiary alicyclic amines) is 1. The van der Waals surface area contributed by atoms with Crippen molar-refractivity contribution in [3.63, 3.8) is 0 Å². The zero-order valence-corrected chi connectivity index (χ0v) is 14.9. The number of benzene rings is 2. The maximum absolute atomic E-state index is 12.8. The second-order valence-electron chi connectivity index (χ2n) is 7.71. The number of ether oxygens (including phenoxy) is 1. The van der Waals surface area contributed by atoms with E-state index in [0.717, 1.165) is 24.0 Å². The Morgan fingerprint density at radius 1 is 1.00 bits per heavy atom. The molecule has 0 aromatic heterocycles. The van der Waals surface area contributed by atoms with E-state index in [9.17, 15) is 14.7 Å². The Hall–Kier alpha value is -2.82. The normalized spacial score (nSPS) is 25.3. The van der Waals surface area contributed by atoms with Gasteiger partial charge in [-0.05, 0) is 47.4 Å². The number of fused-ring (bicyclic) bond motifs is 4. The van der Waals surface area contributed by atoms with E-state index in [2.05, 4.69) is 24.3 Å². The number of carboxylic acid groups (broad SMARTS) is 1. The fourth-order valence-electron chi connectivity index (χ4n) is 4.80. The van der Waals surface area contributed by atoms with Crippen molar-refractivity contribution in [2.24, 2.45) is 5.92 Å². The van der Waals surface area contributed by atoms with E-state index in [-0.39, 0.29) is 18.6 Å². The molecule has 0 bridgehead atoms. The molecule has 1 saturated heterocycles. The summed E-state index contributed by atoms with van der Waals surface area (Å²) < 4.78 is 5.68. The molecular weight excluding hydrogens is 342 g/mol. The molecule has 0 spiro atoms. The largest absolute Gasteiger partial charge is 0.480 e. The summed E-state index contributed by atoms with van der Waals surface area (Å²) in [6.45, 7) is 0.229. The summed E-state index contributed by atoms with van der Waals surface area (Å²) in [5.74, 6) is -0.501. The Labute approximate surface area is 157 Å². The first-order chi connectivity index (χ1) is 13.1. The molecule has 2 aliphatic carbocycles. The Morgan fingerprint density at radius 3 is 2.26 bits per heavy atom. The summed E-state index contributed by atoms with van der Waals surface area (Å²) in [6, 6.07) is 15.6. The van der Waals surface area contributed by atoms with Gasteiger partial charge >= 0.3 is 12.1 Å². The number of carboxylic acids is 1. The minimum atomic E-state index is -0.936. The molecule has 5 heteroatoms. The lowest BCUT2D eigenvalue weighted by molar-refractivity contribution is -0.144. The predicted molar refractivity (Wildman–Crippen MR) is 99.5 cm³/mol. The number of hydrogen-bond donors (Lipinski definition) is 1. The first-order valence-corrected chi connectivity index (χ1v) is 9.51. The van der Waals surface area contributed by atoms with Crippen molar-refractivity contribution >= 4 is 12.1 Å². The van der Waals surface area contributed by atoms with Crippen LogP contribution in [0, 0.1) is 5.92 Å². The molecule has 1 N–H and O–H groups in total. The van der Waals surface area contributed by atoms with Crippen LogP contribution in [0.1, 0.15) is 36.3 Å². The quantitative estimate of drug-likeness (QED) is 0.899. The van der Waals surface area contributed by atoms with Crippen LogP contribution in [0.15, 0.2) is 48.5 Å². The lowest BCUT2D eigenvalue weighted by Gasteiger charge is -2.32. The number of nitrogens with zero attached hydrogens (tertiary/aromatic N) is 1. The monoisotopic (exact) mass is 363 g/mol. The van der Waals surface area contributed by atoms with Crippen LogP contribution >= 0.6 is 0 Å². The molecule has 2 aromatic carbocycles. The van der Waals surface area contributed by atoms with E-state index in [4.69, 9.17) is 4.74 Å². The molecule has 0 radical (unpaired) electrons. The van der Waals surface area contributed by atoms with Crippen LogP contribution in [-0.4, -0.2) is 40.8 Å². The Kier molecular flexibility index (Phi) is 3.71. The number of carbonyl (C=O) groups excluding carboxylic acids is 1. The maximum Gasteiger partial charge on any atom is 0.410 e. The average Bonchev–Trinajstić information content (AvgIpc) is 3.41. The highest BCUT2D eigenvalue weighted by Crippen LogP contribution is 2.47. The van der Waals surface area contributed by atoms with Crippen LogP contribution in [0.25, 0.3) is 11.1 Å². The van der Waals surface area contributed by atoms with Crippen molar-refractivity contribution < 1.29 is 19.4 Å². The molecule has 2 aromatic rings. The lowest BCUT2D eigenvalue weighted by Crippen LogP contribution is -2.49. The van der Waals surface area contributed by atoms with E-state index in [0.29, 0.717) is 12.3 Å². The van der Waals surface area contributed by atoms with Crippen LogP contribution in [0.4, 0.5) is 4.79 Å². The Bertz CT molecular complexity index is 879. The minimum Gasteiger partial charge on any atom is -0.480 e. The van der Waals surface area contributed by atoms with Gasteiger partial charge in [0.2, 0.25) is 0 Å². The second kappa shape index (κ2) is 6.12. The van der Waals surface area contributed by atoms with Crippen molar-refractivity contribution in [1.29, 1.82) is 0 Å². The molecule has 27 heavy (non-hydrogen) atoms. The van der Waals surface area contributed by atoms with Gasteiger partial charge in [-0.1, -0.05) is 48.5 Å².